The Balaban J connectivity index is 2.55. The van der Waals surface area contributed by atoms with Gasteiger partial charge in [0.05, 0.1) is 5.92 Å². The zero-order valence-electron chi connectivity index (χ0n) is 11.1. The molecule has 2 heteroatoms. The number of hydrogen-bond acceptors (Lipinski definition) is 1. The zero-order valence-corrected chi connectivity index (χ0v) is 11.1. The van der Waals surface area contributed by atoms with E-state index in [1.54, 1.807) is 0 Å². The van der Waals surface area contributed by atoms with Gasteiger partial charge in [-0.1, -0.05) is 48.7 Å². The van der Waals surface area contributed by atoms with E-state index in [2.05, 4.69) is 6.58 Å². The Labute approximate surface area is 109 Å². The van der Waals surface area contributed by atoms with E-state index in [0.29, 0.717) is 0 Å². The molecule has 1 atom stereocenters. The van der Waals surface area contributed by atoms with Crippen molar-refractivity contribution in [2.75, 3.05) is 0 Å². The fourth-order valence-electron chi connectivity index (χ4n) is 2.13. The molecule has 0 saturated carbocycles. The van der Waals surface area contributed by atoms with Crippen molar-refractivity contribution in [3.63, 3.8) is 0 Å². The second-order valence-corrected chi connectivity index (χ2v) is 4.73. The molecule has 0 bridgehead atoms. The molecule has 1 unspecified atom stereocenters. The summed E-state index contributed by atoms with van der Waals surface area (Å²) in [5, 5.41) is 9.30. The van der Waals surface area contributed by atoms with Gasteiger partial charge in [-0.15, -0.1) is 6.58 Å². The number of carbonyl (C=O) groups is 1. The van der Waals surface area contributed by atoms with E-state index >= 15 is 0 Å². The summed E-state index contributed by atoms with van der Waals surface area (Å²) in [6.07, 6.45) is 6.78. The first kappa shape index (κ1) is 14.5. The van der Waals surface area contributed by atoms with Crippen LogP contribution in [0.5, 0.6) is 0 Å². The van der Waals surface area contributed by atoms with E-state index in [9.17, 15) is 9.90 Å². The highest BCUT2D eigenvalue weighted by Gasteiger charge is 2.18. The molecule has 18 heavy (non-hydrogen) atoms. The fraction of sp³-hybridized carbons (Fsp3) is 0.438. The number of benzene rings is 1. The van der Waals surface area contributed by atoms with Gasteiger partial charge >= 0.3 is 5.97 Å². The highest BCUT2D eigenvalue weighted by molar-refractivity contribution is 5.76. The van der Waals surface area contributed by atoms with Crippen molar-refractivity contribution in [2.24, 2.45) is 0 Å². The Hall–Kier alpha value is -1.57. The number of aryl methyl sites for hydroxylation is 1. The summed E-state index contributed by atoms with van der Waals surface area (Å²) in [5.74, 6) is -1.09. The molecule has 2 nitrogen and oxygen atoms in total. The van der Waals surface area contributed by atoms with Crippen LogP contribution >= 0.6 is 0 Å². The predicted octanol–water partition coefficient (Wildman–Crippen LogP) is 4.30. The Morgan fingerprint density at radius 3 is 2.78 bits per heavy atom. The Bertz CT molecular complexity index is 396. The largest absolute Gasteiger partial charge is 0.481 e. The van der Waals surface area contributed by atoms with Crippen LogP contribution in [-0.2, 0) is 4.79 Å². The molecule has 0 amide bonds. The lowest BCUT2D eigenvalue weighted by Crippen LogP contribution is -2.11. The molecule has 98 valence electrons. The molecule has 0 saturated heterocycles. The van der Waals surface area contributed by atoms with Crippen molar-refractivity contribution in [3.05, 3.63) is 48.0 Å². The summed E-state index contributed by atoms with van der Waals surface area (Å²) in [7, 11) is 0. The van der Waals surface area contributed by atoms with Gasteiger partial charge in [-0.3, -0.25) is 4.79 Å². The average molecular weight is 246 g/mol. The molecule has 0 aliphatic carbocycles. The second-order valence-electron chi connectivity index (χ2n) is 4.73. The van der Waals surface area contributed by atoms with Gasteiger partial charge in [0.1, 0.15) is 0 Å². The Morgan fingerprint density at radius 2 is 2.17 bits per heavy atom. The van der Waals surface area contributed by atoms with Gasteiger partial charge in [-0.2, -0.15) is 0 Å². The molecule has 1 aromatic carbocycles. The molecule has 0 radical (unpaired) electrons. The zero-order chi connectivity index (χ0) is 13.4. The summed E-state index contributed by atoms with van der Waals surface area (Å²) in [4.78, 5) is 11.3. The summed E-state index contributed by atoms with van der Waals surface area (Å²) in [5.41, 5.74) is 2.04. The molecule has 0 aliphatic heterocycles. The molecule has 0 aliphatic rings. The van der Waals surface area contributed by atoms with Gasteiger partial charge in [0.25, 0.3) is 0 Å². The highest BCUT2D eigenvalue weighted by atomic mass is 16.4. The molecule has 0 aromatic heterocycles. The van der Waals surface area contributed by atoms with Crippen LogP contribution in [0.2, 0.25) is 0 Å². The minimum atomic E-state index is -0.718. The number of aliphatic carboxylic acids is 1. The van der Waals surface area contributed by atoms with Crippen molar-refractivity contribution >= 4 is 5.97 Å². The summed E-state index contributed by atoms with van der Waals surface area (Å²) in [6, 6.07) is 7.81. The summed E-state index contributed by atoms with van der Waals surface area (Å²) < 4.78 is 0. The van der Waals surface area contributed by atoms with E-state index in [-0.39, 0.29) is 5.92 Å². The SMILES string of the molecule is C=CCCCCCC(C(=O)O)c1cccc(C)c1. The predicted molar refractivity (Wildman–Crippen MR) is 74.8 cm³/mol. The lowest BCUT2D eigenvalue weighted by Gasteiger charge is -2.13. The Kier molecular flexibility index (Phi) is 6.20. The third-order valence-electron chi connectivity index (χ3n) is 3.14. The number of unbranched alkanes of at least 4 members (excludes halogenated alkanes) is 3. The molecule has 1 rings (SSSR count). The molecule has 0 spiro atoms. The number of rotatable bonds is 8. The maximum absolute atomic E-state index is 11.3. The average Bonchev–Trinajstić information content (AvgIpc) is 2.33. The lowest BCUT2D eigenvalue weighted by atomic mass is 9.92. The maximum atomic E-state index is 11.3. The van der Waals surface area contributed by atoms with Crippen LogP contribution in [0, 0.1) is 6.92 Å². The first-order chi connectivity index (χ1) is 8.65. The van der Waals surface area contributed by atoms with Gasteiger partial charge in [0.2, 0.25) is 0 Å². The first-order valence-corrected chi connectivity index (χ1v) is 6.55. The van der Waals surface area contributed by atoms with E-state index in [4.69, 9.17) is 0 Å². The minimum absolute atomic E-state index is 0.367. The van der Waals surface area contributed by atoms with Crippen molar-refractivity contribution in [3.8, 4) is 0 Å². The van der Waals surface area contributed by atoms with Crippen molar-refractivity contribution < 1.29 is 9.90 Å². The van der Waals surface area contributed by atoms with Crippen LogP contribution in [0.15, 0.2) is 36.9 Å². The van der Waals surface area contributed by atoms with Gasteiger partial charge < -0.3 is 5.11 Å². The van der Waals surface area contributed by atoms with Crippen molar-refractivity contribution in [2.45, 2.75) is 44.9 Å². The van der Waals surface area contributed by atoms with Gasteiger partial charge in [0, 0.05) is 0 Å². The third-order valence-corrected chi connectivity index (χ3v) is 3.14. The molecule has 1 N–H and O–H groups in total. The quantitative estimate of drug-likeness (QED) is 0.548. The van der Waals surface area contributed by atoms with Gasteiger partial charge in [-0.05, 0) is 31.7 Å². The van der Waals surface area contributed by atoms with E-state index in [0.717, 1.165) is 43.2 Å². The Morgan fingerprint density at radius 1 is 1.39 bits per heavy atom. The van der Waals surface area contributed by atoms with Crippen LogP contribution in [0.1, 0.15) is 49.1 Å². The number of hydrogen-bond donors (Lipinski definition) is 1. The van der Waals surface area contributed by atoms with Crippen LogP contribution in [0.3, 0.4) is 0 Å². The molecule has 0 heterocycles. The lowest BCUT2D eigenvalue weighted by molar-refractivity contribution is -0.139. The maximum Gasteiger partial charge on any atom is 0.310 e. The molecule has 0 fully saturated rings. The monoisotopic (exact) mass is 246 g/mol. The third kappa shape index (κ3) is 4.74. The molecular formula is C16H22O2. The second kappa shape index (κ2) is 7.70. The van der Waals surface area contributed by atoms with E-state index in [1.165, 1.54) is 0 Å². The van der Waals surface area contributed by atoms with E-state index < -0.39 is 5.97 Å². The molecular weight excluding hydrogens is 224 g/mol. The smallest absolute Gasteiger partial charge is 0.310 e. The van der Waals surface area contributed by atoms with Crippen LogP contribution in [-0.4, -0.2) is 11.1 Å². The number of carboxylic acids is 1. The topological polar surface area (TPSA) is 37.3 Å². The molecule has 1 aromatic rings. The van der Waals surface area contributed by atoms with Crippen LogP contribution in [0.25, 0.3) is 0 Å². The van der Waals surface area contributed by atoms with Crippen LogP contribution in [0.4, 0.5) is 0 Å². The van der Waals surface area contributed by atoms with Crippen molar-refractivity contribution in [1.29, 1.82) is 0 Å². The number of allylic oxidation sites excluding steroid dienone is 1. The fourth-order valence-corrected chi connectivity index (χ4v) is 2.13. The summed E-state index contributed by atoms with van der Waals surface area (Å²) in [6.45, 7) is 5.68. The van der Waals surface area contributed by atoms with Crippen molar-refractivity contribution in [1.82, 2.24) is 0 Å². The minimum Gasteiger partial charge on any atom is -0.481 e. The normalized spacial score (nSPS) is 12.1. The number of carboxylic acid groups (broad SMARTS) is 1. The van der Waals surface area contributed by atoms with Gasteiger partial charge in [0.15, 0.2) is 0 Å². The first-order valence-electron chi connectivity index (χ1n) is 6.55. The summed E-state index contributed by atoms with van der Waals surface area (Å²) >= 11 is 0. The van der Waals surface area contributed by atoms with Gasteiger partial charge in [-0.25, -0.2) is 0 Å². The van der Waals surface area contributed by atoms with E-state index in [1.807, 2.05) is 37.3 Å². The standard InChI is InChI=1S/C16H22O2/c1-3-4-5-6-7-11-15(16(17)18)14-10-8-9-13(2)12-14/h3,8-10,12,15H,1,4-7,11H2,2H3,(H,17,18). The van der Waals surface area contributed by atoms with Crippen LogP contribution < -0.4 is 0 Å². The highest BCUT2D eigenvalue weighted by Crippen LogP contribution is 2.23.